The molecule has 0 bridgehead atoms. The lowest BCUT2D eigenvalue weighted by atomic mass is 10.1. The predicted octanol–water partition coefficient (Wildman–Crippen LogP) is 1.17. The lowest BCUT2D eigenvalue weighted by Gasteiger charge is -2.34. The number of anilines is 1. The van der Waals surface area contributed by atoms with Gasteiger partial charge < -0.3 is 25.0 Å². The Hall–Kier alpha value is -2.77. The van der Waals surface area contributed by atoms with Gasteiger partial charge in [-0.3, -0.25) is 14.4 Å². The highest BCUT2D eigenvalue weighted by molar-refractivity contribution is 5.93. The zero-order valence-electron chi connectivity index (χ0n) is 15.8. The molecule has 1 aliphatic heterocycles. The Kier molecular flexibility index (Phi) is 7.91. The first-order chi connectivity index (χ1) is 13.0. The number of ether oxygens (including phenoxy) is 2. The van der Waals surface area contributed by atoms with E-state index in [1.165, 1.54) is 4.90 Å². The van der Waals surface area contributed by atoms with E-state index in [4.69, 9.17) is 9.47 Å². The summed E-state index contributed by atoms with van der Waals surface area (Å²) in [7, 11) is 0. The molecule has 1 aromatic carbocycles. The Balaban J connectivity index is 1.96. The largest absolute Gasteiger partial charge is 0.494 e. The molecule has 0 aromatic heterocycles. The molecule has 27 heavy (non-hydrogen) atoms. The van der Waals surface area contributed by atoms with Crippen molar-refractivity contribution in [3.63, 3.8) is 0 Å². The number of esters is 1. The number of piperazine rings is 1. The van der Waals surface area contributed by atoms with Gasteiger partial charge in [0.2, 0.25) is 11.8 Å². The van der Waals surface area contributed by atoms with E-state index in [9.17, 15) is 14.4 Å². The first-order valence-corrected chi connectivity index (χ1v) is 9.24. The first kappa shape index (κ1) is 20.5. The van der Waals surface area contributed by atoms with Crippen LogP contribution in [0.5, 0.6) is 5.75 Å². The van der Waals surface area contributed by atoms with Crippen molar-refractivity contribution in [2.24, 2.45) is 0 Å². The molecule has 8 nitrogen and oxygen atoms in total. The number of nitrogens with one attached hydrogen (secondary N) is 2. The maximum Gasteiger partial charge on any atom is 0.308 e. The van der Waals surface area contributed by atoms with Crippen LogP contribution in [0, 0.1) is 0 Å². The summed E-state index contributed by atoms with van der Waals surface area (Å²) >= 11 is 0. The Morgan fingerprint density at radius 1 is 1.33 bits per heavy atom. The summed E-state index contributed by atoms with van der Waals surface area (Å²) in [5.74, 6) is -0.348. The van der Waals surface area contributed by atoms with E-state index >= 15 is 0 Å². The minimum Gasteiger partial charge on any atom is -0.494 e. The second kappa shape index (κ2) is 10.4. The number of carbonyl (C=O) groups excluding carboxylic acids is 3. The average Bonchev–Trinajstić information content (AvgIpc) is 2.66. The molecule has 1 heterocycles. The van der Waals surface area contributed by atoms with Gasteiger partial charge in [0, 0.05) is 24.8 Å². The zero-order valence-corrected chi connectivity index (χ0v) is 15.8. The van der Waals surface area contributed by atoms with Gasteiger partial charge in [0.15, 0.2) is 0 Å². The molecule has 1 atom stereocenters. The molecule has 0 aliphatic carbocycles. The number of amides is 2. The lowest BCUT2D eigenvalue weighted by Crippen LogP contribution is -2.58. The minimum absolute atomic E-state index is 0.0172. The molecule has 1 aliphatic rings. The molecule has 2 amide bonds. The topological polar surface area (TPSA) is 97.0 Å². The Morgan fingerprint density at radius 3 is 2.89 bits per heavy atom. The summed E-state index contributed by atoms with van der Waals surface area (Å²) in [5.41, 5.74) is 0.745. The van der Waals surface area contributed by atoms with Crippen molar-refractivity contribution in [3.8, 4) is 5.75 Å². The van der Waals surface area contributed by atoms with Crippen molar-refractivity contribution < 1.29 is 23.9 Å². The molecule has 2 rings (SSSR count). The lowest BCUT2D eigenvalue weighted by molar-refractivity contribution is -0.151. The third-order valence-corrected chi connectivity index (χ3v) is 4.07. The van der Waals surface area contributed by atoms with Crippen LogP contribution in [0.25, 0.3) is 0 Å². The highest BCUT2D eigenvalue weighted by Gasteiger charge is 2.34. The summed E-state index contributed by atoms with van der Waals surface area (Å²) in [4.78, 5) is 38.1. The zero-order chi connectivity index (χ0) is 19.6. The number of rotatable bonds is 9. The van der Waals surface area contributed by atoms with Gasteiger partial charge in [-0.05, 0) is 25.5 Å². The summed E-state index contributed by atoms with van der Waals surface area (Å²) < 4.78 is 10.5. The summed E-state index contributed by atoms with van der Waals surface area (Å²) in [6.45, 7) is 5.39. The molecule has 0 radical (unpaired) electrons. The number of carbonyl (C=O) groups is 3. The summed E-state index contributed by atoms with van der Waals surface area (Å²) in [6, 6.07) is 6.46. The molecule has 2 N–H and O–H groups in total. The molecule has 1 aromatic rings. The van der Waals surface area contributed by atoms with E-state index in [0.29, 0.717) is 38.5 Å². The molecular weight excluding hydrogens is 350 g/mol. The number of hydrogen-bond acceptors (Lipinski definition) is 6. The van der Waals surface area contributed by atoms with Gasteiger partial charge in [-0.1, -0.05) is 13.0 Å². The van der Waals surface area contributed by atoms with Gasteiger partial charge in [-0.25, -0.2) is 0 Å². The SMILES string of the molecule is CCCOC(=O)CC1C(=O)NCCN1C(=O)CNc1cccc(OCC)c1. The summed E-state index contributed by atoms with van der Waals surface area (Å²) in [6.07, 6.45) is 0.563. The van der Waals surface area contributed by atoms with Crippen molar-refractivity contribution in [2.45, 2.75) is 32.7 Å². The third-order valence-electron chi connectivity index (χ3n) is 4.07. The quantitative estimate of drug-likeness (QED) is 0.627. The van der Waals surface area contributed by atoms with E-state index in [1.54, 1.807) is 6.07 Å². The van der Waals surface area contributed by atoms with Crippen LogP contribution >= 0.6 is 0 Å². The van der Waals surface area contributed by atoms with Crippen molar-refractivity contribution in [1.29, 1.82) is 0 Å². The monoisotopic (exact) mass is 377 g/mol. The van der Waals surface area contributed by atoms with Crippen LogP contribution in [0.4, 0.5) is 5.69 Å². The molecule has 1 fully saturated rings. The van der Waals surface area contributed by atoms with Crippen LogP contribution in [-0.4, -0.2) is 61.6 Å². The van der Waals surface area contributed by atoms with Crippen LogP contribution in [0.1, 0.15) is 26.7 Å². The highest BCUT2D eigenvalue weighted by atomic mass is 16.5. The van der Waals surface area contributed by atoms with Gasteiger partial charge in [-0.2, -0.15) is 0 Å². The van der Waals surface area contributed by atoms with E-state index in [1.807, 2.05) is 32.0 Å². The van der Waals surface area contributed by atoms with Crippen LogP contribution in [0.15, 0.2) is 24.3 Å². The molecule has 0 spiro atoms. The van der Waals surface area contributed by atoms with Crippen LogP contribution in [-0.2, 0) is 19.1 Å². The predicted molar refractivity (Wildman–Crippen MR) is 100 cm³/mol. The van der Waals surface area contributed by atoms with Crippen molar-refractivity contribution in [2.75, 3.05) is 38.2 Å². The van der Waals surface area contributed by atoms with Crippen molar-refractivity contribution in [1.82, 2.24) is 10.2 Å². The van der Waals surface area contributed by atoms with E-state index < -0.39 is 12.0 Å². The molecule has 1 saturated heterocycles. The Morgan fingerprint density at radius 2 is 2.15 bits per heavy atom. The maximum atomic E-state index is 12.6. The number of benzene rings is 1. The van der Waals surface area contributed by atoms with E-state index in [2.05, 4.69) is 10.6 Å². The van der Waals surface area contributed by atoms with Crippen molar-refractivity contribution >= 4 is 23.5 Å². The minimum atomic E-state index is -0.841. The van der Waals surface area contributed by atoms with Crippen molar-refractivity contribution in [3.05, 3.63) is 24.3 Å². The standard InChI is InChI=1S/C19H27N3O5/c1-3-10-27-18(24)12-16-19(25)20-8-9-22(16)17(23)13-21-14-6-5-7-15(11-14)26-4-2/h5-7,11,16,21H,3-4,8-10,12-13H2,1-2H3,(H,20,25). The fourth-order valence-corrected chi connectivity index (χ4v) is 2.79. The van der Waals surface area contributed by atoms with Crippen LogP contribution in [0.2, 0.25) is 0 Å². The van der Waals surface area contributed by atoms with Gasteiger partial charge in [0.1, 0.15) is 11.8 Å². The Labute approximate surface area is 159 Å². The Bertz CT molecular complexity index is 665. The first-order valence-electron chi connectivity index (χ1n) is 9.24. The van der Waals surface area contributed by atoms with Gasteiger partial charge >= 0.3 is 5.97 Å². The fourth-order valence-electron chi connectivity index (χ4n) is 2.79. The van der Waals surface area contributed by atoms with E-state index in [0.717, 1.165) is 5.69 Å². The van der Waals surface area contributed by atoms with Crippen LogP contribution < -0.4 is 15.4 Å². The molecule has 148 valence electrons. The van der Waals surface area contributed by atoms with E-state index in [-0.39, 0.29) is 24.8 Å². The van der Waals surface area contributed by atoms with Gasteiger partial charge in [-0.15, -0.1) is 0 Å². The average molecular weight is 377 g/mol. The maximum absolute atomic E-state index is 12.6. The number of hydrogen-bond donors (Lipinski definition) is 2. The third kappa shape index (κ3) is 6.16. The number of nitrogens with zero attached hydrogens (tertiary/aromatic N) is 1. The van der Waals surface area contributed by atoms with Gasteiger partial charge in [0.05, 0.1) is 26.2 Å². The van der Waals surface area contributed by atoms with Gasteiger partial charge in [0.25, 0.3) is 0 Å². The molecule has 1 unspecified atom stereocenters. The fraction of sp³-hybridized carbons (Fsp3) is 0.526. The normalized spacial score (nSPS) is 16.4. The summed E-state index contributed by atoms with van der Waals surface area (Å²) in [5, 5.41) is 5.74. The molecule has 0 saturated carbocycles. The second-order valence-corrected chi connectivity index (χ2v) is 6.13. The molecule has 8 heteroatoms. The second-order valence-electron chi connectivity index (χ2n) is 6.13. The van der Waals surface area contributed by atoms with Crippen LogP contribution in [0.3, 0.4) is 0 Å². The molecular formula is C19H27N3O5. The smallest absolute Gasteiger partial charge is 0.308 e. The highest BCUT2D eigenvalue weighted by Crippen LogP contribution is 2.17.